The summed E-state index contributed by atoms with van der Waals surface area (Å²) in [5.41, 5.74) is -1.89. The monoisotopic (exact) mass is 505 g/mol. The molecule has 3 amide bonds. The zero-order valence-electron chi connectivity index (χ0n) is 20.1. The molecule has 2 aliphatic rings. The standard InChI is InChI=1S/C26H27F4N3O3/c1-13-4-5-14(2)33(13)24(35)16-6-7-18(20(28)10-16)15(3)31-25(36)26(8-9-26)32-23(34)19-11-17(27)12-21(29)22(19)30/h6-7,10-15H,4-5,8-9H2,1-3H3,(H,31,36)(H,32,34). The molecule has 0 bridgehead atoms. The van der Waals surface area contributed by atoms with Crippen LogP contribution in [0, 0.1) is 23.3 Å². The van der Waals surface area contributed by atoms with Gasteiger partial charge in [-0.25, -0.2) is 17.6 Å². The number of carbonyl (C=O) groups is 3. The van der Waals surface area contributed by atoms with E-state index >= 15 is 0 Å². The second kappa shape index (κ2) is 9.55. The summed E-state index contributed by atoms with van der Waals surface area (Å²) in [5.74, 6) is -6.87. The minimum absolute atomic E-state index is 0.0655. The first-order chi connectivity index (χ1) is 16.9. The maximum Gasteiger partial charge on any atom is 0.255 e. The Hall–Kier alpha value is -3.43. The van der Waals surface area contributed by atoms with Crippen LogP contribution in [0.5, 0.6) is 0 Å². The summed E-state index contributed by atoms with van der Waals surface area (Å²) < 4.78 is 55.8. The van der Waals surface area contributed by atoms with Crippen molar-refractivity contribution in [2.75, 3.05) is 0 Å². The van der Waals surface area contributed by atoms with E-state index in [0.29, 0.717) is 12.1 Å². The Morgan fingerprint density at radius 3 is 2.19 bits per heavy atom. The lowest BCUT2D eigenvalue weighted by Crippen LogP contribution is -2.49. The second-order valence-electron chi connectivity index (χ2n) is 9.70. The van der Waals surface area contributed by atoms with E-state index in [1.54, 1.807) is 11.8 Å². The van der Waals surface area contributed by atoms with E-state index in [-0.39, 0.29) is 42.0 Å². The van der Waals surface area contributed by atoms with Crippen LogP contribution in [0.4, 0.5) is 17.6 Å². The number of likely N-dealkylation sites (tertiary alicyclic amines) is 1. The van der Waals surface area contributed by atoms with E-state index < -0.39 is 52.2 Å². The van der Waals surface area contributed by atoms with Crippen molar-refractivity contribution in [2.45, 2.75) is 70.1 Å². The van der Waals surface area contributed by atoms with Crippen LogP contribution in [-0.4, -0.2) is 40.2 Å². The highest BCUT2D eigenvalue weighted by Gasteiger charge is 2.52. The van der Waals surface area contributed by atoms with Gasteiger partial charge in [-0.1, -0.05) is 6.07 Å². The Bertz CT molecular complexity index is 1220. The molecule has 10 heteroatoms. The number of carbonyl (C=O) groups excluding carboxylic acids is 3. The van der Waals surface area contributed by atoms with Gasteiger partial charge in [0.1, 0.15) is 17.2 Å². The summed E-state index contributed by atoms with van der Waals surface area (Å²) in [5, 5.41) is 4.97. The van der Waals surface area contributed by atoms with Crippen molar-refractivity contribution >= 4 is 17.7 Å². The molecule has 1 aliphatic carbocycles. The molecule has 2 aromatic rings. The molecule has 0 radical (unpaired) electrons. The predicted molar refractivity (Wildman–Crippen MR) is 123 cm³/mol. The molecule has 0 spiro atoms. The number of nitrogens with zero attached hydrogens (tertiary/aromatic N) is 1. The van der Waals surface area contributed by atoms with Crippen molar-refractivity contribution < 1.29 is 31.9 Å². The van der Waals surface area contributed by atoms with Crippen molar-refractivity contribution in [3.05, 3.63) is 70.3 Å². The van der Waals surface area contributed by atoms with Crippen LogP contribution in [0.3, 0.4) is 0 Å². The van der Waals surface area contributed by atoms with E-state index in [0.717, 1.165) is 18.9 Å². The summed E-state index contributed by atoms with van der Waals surface area (Å²) in [7, 11) is 0. The largest absolute Gasteiger partial charge is 0.347 e. The molecular formula is C26H27F4N3O3. The van der Waals surface area contributed by atoms with Gasteiger partial charge in [0.15, 0.2) is 11.6 Å². The summed E-state index contributed by atoms with van der Waals surface area (Å²) in [4.78, 5) is 39.9. The Morgan fingerprint density at radius 1 is 0.972 bits per heavy atom. The van der Waals surface area contributed by atoms with Crippen LogP contribution in [0.2, 0.25) is 0 Å². The van der Waals surface area contributed by atoms with Crippen molar-refractivity contribution in [3.63, 3.8) is 0 Å². The number of benzene rings is 2. The Labute approximate surface area is 206 Å². The normalized spacial score (nSPS) is 21.1. The second-order valence-corrected chi connectivity index (χ2v) is 9.70. The molecule has 2 fully saturated rings. The fourth-order valence-corrected chi connectivity index (χ4v) is 4.71. The van der Waals surface area contributed by atoms with Crippen molar-refractivity contribution in [1.29, 1.82) is 0 Å². The third-order valence-corrected chi connectivity index (χ3v) is 7.02. The predicted octanol–water partition coefficient (Wildman–Crippen LogP) is 4.40. The van der Waals surface area contributed by atoms with Crippen LogP contribution in [0.1, 0.15) is 78.8 Å². The van der Waals surface area contributed by atoms with Gasteiger partial charge in [-0.2, -0.15) is 0 Å². The molecule has 1 saturated carbocycles. The third-order valence-electron chi connectivity index (χ3n) is 7.02. The molecule has 3 unspecified atom stereocenters. The van der Waals surface area contributed by atoms with E-state index in [9.17, 15) is 31.9 Å². The van der Waals surface area contributed by atoms with Gasteiger partial charge in [0.25, 0.3) is 11.8 Å². The molecule has 3 atom stereocenters. The molecule has 192 valence electrons. The fraction of sp³-hybridized carbons (Fsp3) is 0.423. The van der Waals surface area contributed by atoms with E-state index in [1.807, 2.05) is 13.8 Å². The third kappa shape index (κ3) is 4.81. The highest BCUT2D eigenvalue weighted by molar-refractivity contribution is 6.01. The number of hydrogen-bond acceptors (Lipinski definition) is 3. The molecule has 2 aromatic carbocycles. The topological polar surface area (TPSA) is 78.5 Å². The van der Waals surface area contributed by atoms with Crippen LogP contribution in [0.25, 0.3) is 0 Å². The average Bonchev–Trinajstić information content (AvgIpc) is 3.52. The number of hydrogen-bond donors (Lipinski definition) is 2. The van der Waals surface area contributed by atoms with Gasteiger partial charge in [0.05, 0.1) is 11.6 Å². The van der Waals surface area contributed by atoms with E-state index in [4.69, 9.17) is 0 Å². The van der Waals surface area contributed by atoms with Gasteiger partial charge in [-0.3, -0.25) is 14.4 Å². The van der Waals surface area contributed by atoms with Gasteiger partial charge in [0.2, 0.25) is 5.91 Å². The SMILES string of the molecule is CC(NC(=O)C1(NC(=O)c2cc(F)cc(F)c2F)CC1)c1ccc(C(=O)N2C(C)CCC2C)cc1F. The molecule has 0 aromatic heterocycles. The van der Waals surface area contributed by atoms with E-state index in [1.165, 1.54) is 12.1 Å². The molecule has 1 aliphatic heterocycles. The number of rotatable bonds is 6. The molecule has 2 N–H and O–H groups in total. The fourth-order valence-electron chi connectivity index (χ4n) is 4.71. The molecular weight excluding hydrogens is 478 g/mol. The molecule has 4 rings (SSSR count). The summed E-state index contributed by atoms with van der Waals surface area (Å²) in [6.45, 7) is 5.45. The van der Waals surface area contributed by atoms with Crippen LogP contribution >= 0.6 is 0 Å². The van der Waals surface area contributed by atoms with Gasteiger partial charge >= 0.3 is 0 Å². The van der Waals surface area contributed by atoms with Crippen LogP contribution in [0.15, 0.2) is 30.3 Å². The van der Waals surface area contributed by atoms with Gasteiger partial charge < -0.3 is 15.5 Å². The molecule has 1 heterocycles. The average molecular weight is 506 g/mol. The van der Waals surface area contributed by atoms with Gasteiger partial charge in [-0.15, -0.1) is 0 Å². The van der Waals surface area contributed by atoms with Crippen molar-refractivity contribution in [3.8, 4) is 0 Å². The van der Waals surface area contributed by atoms with Crippen LogP contribution < -0.4 is 10.6 Å². The van der Waals surface area contributed by atoms with Crippen molar-refractivity contribution in [1.82, 2.24) is 15.5 Å². The quantitative estimate of drug-likeness (QED) is 0.452. The zero-order valence-corrected chi connectivity index (χ0v) is 20.1. The summed E-state index contributed by atoms with van der Waals surface area (Å²) in [6.07, 6.45) is 2.21. The highest BCUT2D eigenvalue weighted by atomic mass is 19.2. The lowest BCUT2D eigenvalue weighted by Gasteiger charge is -2.27. The Kier molecular flexibility index (Phi) is 6.81. The van der Waals surface area contributed by atoms with Crippen LogP contribution in [-0.2, 0) is 4.79 Å². The number of halogens is 4. The first kappa shape index (κ1) is 25.7. The minimum atomic E-state index is -1.52. The van der Waals surface area contributed by atoms with Gasteiger partial charge in [0, 0.05) is 29.3 Å². The molecule has 6 nitrogen and oxygen atoms in total. The maximum absolute atomic E-state index is 15.0. The van der Waals surface area contributed by atoms with Gasteiger partial charge in [-0.05, 0) is 64.7 Å². The maximum atomic E-state index is 15.0. The highest BCUT2D eigenvalue weighted by Crippen LogP contribution is 2.37. The Morgan fingerprint density at radius 2 is 1.61 bits per heavy atom. The Balaban J connectivity index is 1.44. The minimum Gasteiger partial charge on any atom is -0.347 e. The lowest BCUT2D eigenvalue weighted by molar-refractivity contribution is -0.124. The zero-order chi connectivity index (χ0) is 26.4. The van der Waals surface area contributed by atoms with E-state index in [2.05, 4.69) is 10.6 Å². The first-order valence-corrected chi connectivity index (χ1v) is 11.8. The number of nitrogens with one attached hydrogen (secondary N) is 2. The summed E-state index contributed by atoms with van der Waals surface area (Å²) >= 11 is 0. The molecule has 1 saturated heterocycles. The smallest absolute Gasteiger partial charge is 0.255 e. The molecule has 36 heavy (non-hydrogen) atoms. The van der Waals surface area contributed by atoms with Crippen molar-refractivity contribution in [2.24, 2.45) is 0 Å². The first-order valence-electron chi connectivity index (χ1n) is 11.8. The summed E-state index contributed by atoms with van der Waals surface area (Å²) in [6, 6.07) is 4.27. The lowest BCUT2D eigenvalue weighted by atomic mass is 10.0. The number of amides is 3.